The highest BCUT2D eigenvalue weighted by Gasteiger charge is 2.30. The smallest absolute Gasteiger partial charge is 0.310 e. The van der Waals surface area contributed by atoms with E-state index in [2.05, 4.69) is 5.10 Å². The van der Waals surface area contributed by atoms with Gasteiger partial charge in [0.05, 0.1) is 18.7 Å². The van der Waals surface area contributed by atoms with Crippen LogP contribution in [0.1, 0.15) is 12.8 Å². The van der Waals surface area contributed by atoms with E-state index >= 15 is 0 Å². The highest BCUT2D eigenvalue weighted by atomic mass is 32.2. The summed E-state index contributed by atoms with van der Waals surface area (Å²) in [5.41, 5.74) is 0. The lowest BCUT2D eigenvalue weighted by molar-refractivity contribution is -0.150. The molecule has 0 unspecified atom stereocenters. The van der Waals surface area contributed by atoms with Gasteiger partial charge in [-0.15, -0.1) is 0 Å². The van der Waals surface area contributed by atoms with Crippen molar-refractivity contribution in [3.05, 3.63) is 18.5 Å². The lowest BCUT2D eigenvalue weighted by atomic mass is 10.0. The number of piperidine rings is 1. The van der Waals surface area contributed by atoms with Crippen molar-refractivity contribution in [3.63, 3.8) is 0 Å². The molecule has 1 aliphatic heterocycles. The van der Waals surface area contributed by atoms with Crippen molar-refractivity contribution < 1.29 is 17.9 Å². The quantitative estimate of drug-likeness (QED) is 0.720. The molecular formula is C12H19N3O4S. The summed E-state index contributed by atoms with van der Waals surface area (Å²) < 4.78 is 31.2. The Morgan fingerprint density at radius 2 is 2.30 bits per heavy atom. The van der Waals surface area contributed by atoms with Crippen LogP contribution in [-0.4, -0.2) is 54.4 Å². The molecule has 1 saturated heterocycles. The van der Waals surface area contributed by atoms with Gasteiger partial charge >= 0.3 is 5.97 Å². The minimum Gasteiger partial charge on any atom is -0.463 e. The molecule has 1 aliphatic rings. The van der Waals surface area contributed by atoms with Crippen LogP contribution in [0.15, 0.2) is 18.5 Å². The number of carbonyl (C=O) groups is 1. The van der Waals surface area contributed by atoms with E-state index in [0.29, 0.717) is 25.9 Å². The molecule has 0 N–H and O–H groups in total. The average molecular weight is 301 g/mol. The van der Waals surface area contributed by atoms with E-state index in [1.807, 2.05) is 0 Å². The zero-order valence-corrected chi connectivity index (χ0v) is 12.3. The Morgan fingerprint density at radius 1 is 1.50 bits per heavy atom. The van der Waals surface area contributed by atoms with Gasteiger partial charge in [0.1, 0.15) is 6.61 Å². The van der Waals surface area contributed by atoms with Crippen molar-refractivity contribution in [2.24, 2.45) is 5.92 Å². The molecule has 0 bridgehead atoms. The largest absolute Gasteiger partial charge is 0.463 e. The van der Waals surface area contributed by atoms with E-state index < -0.39 is 10.0 Å². The lowest BCUT2D eigenvalue weighted by Crippen LogP contribution is -2.42. The summed E-state index contributed by atoms with van der Waals surface area (Å²) >= 11 is 0. The summed E-state index contributed by atoms with van der Waals surface area (Å²) in [6, 6.07) is 1.80. The molecule has 0 aromatic carbocycles. The molecule has 7 nitrogen and oxygen atoms in total. The topological polar surface area (TPSA) is 81.5 Å². The molecule has 1 aromatic rings. The third kappa shape index (κ3) is 4.04. The fraction of sp³-hybridized carbons (Fsp3) is 0.667. The third-order valence-electron chi connectivity index (χ3n) is 3.31. The Morgan fingerprint density at radius 3 is 2.95 bits per heavy atom. The highest BCUT2D eigenvalue weighted by Crippen LogP contribution is 2.19. The van der Waals surface area contributed by atoms with Crippen LogP contribution in [0, 0.1) is 5.92 Å². The Balaban J connectivity index is 1.80. The van der Waals surface area contributed by atoms with Gasteiger partial charge in [-0.1, -0.05) is 0 Å². The van der Waals surface area contributed by atoms with E-state index in [0.717, 1.165) is 0 Å². The minimum atomic E-state index is -3.24. The van der Waals surface area contributed by atoms with Crippen LogP contribution in [0.5, 0.6) is 0 Å². The fourth-order valence-corrected chi connectivity index (χ4v) is 3.14. The summed E-state index contributed by atoms with van der Waals surface area (Å²) in [6.07, 6.45) is 5.98. The molecule has 0 saturated carbocycles. The van der Waals surface area contributed by atoms with E-state index in [-0.39, 0.29) is 25.0 Å². The Kier molecular flexibility index (Phi) is 4.77. The molecule has 2 rings (SSSR count). The molecule has 20 heavy (non-hydrogen) atoms. The summed E-state index contributed by atoms with van der Waals surface area (Å²) in [7, 11) is -3.24. The van der Waals surface area contributed by atoms with Gasteiger partial charge in [0.25, 0.3) is 0 Å². The first kappa shape index (κ1) is 15.0. The molecule has 2 heterocycles. The molecule has 1 aromatic heterocycles. The van der Waals surface area contributed by atoms with Crippen LogP contribution in [0.3, 0.4) is 0 Å². The lowest BCUT2D eigenvalue weighted by Gasteiger charge is -2.29. The van der Waals surface area contributed by atoms with Crippen molar-refractivity contribution in [2.45, 2.75) is 19.4 Å². The Labute approximate surface area is 118 Å². The highest BCUT2D eigenvalue weighted by molar-refractivity contribution is 7.88. The fourth-order valence-electron chi connectivity index (χ4n) is 2.23. The summed E-state index contributed by atoms with van der Waals surface area (Å²) in [5, 5.41) is 4.01. The normalized spacial score (nSPS) is 20.8. The van der Waals surface area contributed by atoms with Crippen LogP contribution in [0.2, 0.25) is 0 Å². The number of hydrogen-bond acceptors (Lipinski definition) is 5. The monoisotopic (exact) mass is 301 g/mol. The summed E-state index contributed by atoms with van der Waals surface area (Å²) in [6.45, 7) is 1.45. The van der Waals surface area contributed by atoms with Crippen molar-refractivity contribution in [1.82, 2.24) is 14.1 Å². The zero-order chi connectivity index (χ0) is 14.6. The second-order valence-electron chi connectivity index (χ2n) is 4.90. The number of hydrogen-bond donors (Lipinski definition) is 0. The second-order valence-corrected chi connectivity index (χ2v) is 6.88. The minimum absolute atomic E-state index is 0.222. The van der Waals surface area contributed by atoms with Gasteiger partial charge in [-0.3, -0.25) is 9.48 Å². The molecule has 1 atom stereocenters. The van der Waals surface area contributed by atoms with Crippen LogP contribution >= 0.6 is 0 Å². The first-order chi connectivity index (χ1) is 9.47. The van der Waals surface area contributed by atoms with Crippen LogP contribution < -0.4 is 0 Å². The SMILES string of the molecule is CS(=O)(=O)N1CCC[C@H](C(=O)OCCn2cccn2)C1. The maximum atomic E-state index is 11.9. The maximum Gasteiger partial charge on any atom is 0.310 e. The number of aromatic nitrogens is 2. The average Bonchev–Trinajstić information content (AvgIpc) is 2.91. The first-order valence-corrected chi connectivity index (χ1v) is 8.41. The van der Waals surface area contributed by atoms with Crippen molar-refractivity contribution in [3.8, 4) is 0 Å². The predicted molar refractivity (Wildman–Crippen MR) is 72.3 cm³/mol. The van der Waals surface area contributed by atoms with Crippen LogP contribution in [-0.2, 0) is 26.1 Å². The number of rotatable bonds is 5. The maximum absolute atomic E-state index is 11.9. The van der Waals surface area contributed by atoms with Crippen LogP contribution in [0.25, 0.3) is 0 Å². The Bertz CT molecular complexity index is 541. The second kappa shape index (κ2) is 6.36. The standard InChI is InChI=1S/C12H19N3O4S/c1-20(17,18)15-7-2-4-11(10-15)12(16)19-9-8-14-6-3-5-13-14/h3,5-6,11H,2,4,7-10H2,1H3/t11-/m0/s1. The van der Waals surface area contributed by atoms with E-state index in [4.69, 9.17) is 4.74 Å². The first-order valence-electron chi connectivity index (χ1n) is 6.56. The Hall–Kier alpha value is -1.41. The molecule has 0 amide bonds. The van der Waals surface area contributed by atoms with Gasteiger partial charge in [-0.25, -0.2) is 12.7 Å². The van der Waals surface area contributed by atoms with Crippen LogP contribution in [0.4, 0.5) is 0 Å². The van der Waals surface area contributed by atoms with Gasteiger partial charge in [-0.2, -0.15) is 5.10 Å². The molecular weight excluding hydrogens is 282 g/mol. The molecule has 112 valence electrons. The van der Waals surface area contributed by atoms with E-state index in [1.54, 1.807) is 23.1 Å². The third-order valence-corrected chi connectivity index (χ3v) is 4.58. The predicted octanol–water partition coefficient (Wildman–Crippen LogP) is 0.0979. The van der Waals surface area contributed by atoms with Gasteiger partial charge in [-0.05, 0) is 18.9 Å². The van der Waals surface area contributed by atoms with E-state index in [1.165, 1.54) is 10.6 Å². The van der Waals surface area contributed by atoms with Crippen molar-refractivity contribution >= 4 is 16.0 Å². The molecule has 0 aliphatic carbocycles. The summed E-state index contributed by atoms with van der Waals surface area (Å²) in [4.78, 5) is 11.9. The number of nitrogens with zero attached hydrogens (tertiary/aromatic N) is 3. The molecule has 1 fully saturated rings. The number of sulfonamides is 1. The molecule has 8 heteroatoms. The van der Waals surface area contributed by atoms with Crippen molar-refractivity contribution in [1.29, 1.82) is 0 Å². The van der Waals surface area contributed by atoms with Gasteiger partial charge in [0.15, 0.2) is 0 Å². The molecule has 0 spiro atoms. The van der Waals surface area contributed by atoms with Gasteiger partial charge in [0, 0.05) is 25.5 Å². The number of esters is 1. The van der Waals surface area contributed by atoms with Gasteiger partial charge in [0.2, 0.25) is 10.0 Å². The number of carbonyl (C=O) groups excluding carboxylic acids is 1. The zero-order valence-electron chi connectivity index (χ0n) is 11.4. The van der Waals surface area contributed by atoms with Gasteiger partial charge < -0.3 is 4.74 Å². The summed E-state index contributed by atoms with van der Waals surface area (Å²) in [5.74, 6) is -0.693. The molecule has 0 radical (unpaired) electrons. The number of ether oxygens (including phenoxy) is 1. The van der Waals surface area contributed by atoms with Crippen molar-refractivity contribution in [2.75, 3.05) is 26.0 Å². The van der Waals surface area contributed by atoms with E-state index in [9.17, 15) is 13.2 Å².